The molecule has 0 atom stereocenters. The first kappa shape index (κ1) is 42.8. The van der Waals surface area contributed by atoms with Crippen LogP contribution in [0.25, 0.3) is 0 Å². The zero-order chi connectivity index (χ0) is 41.2. The highest BCUT2D eigenvalue weighted by Gasteiger charge is 2.88. The molecule has 6 saturated heterocycles. The van der Waals surface area contributed by atoms with Gasteiger partial charge in [0.15, 0.2) is 0 Å². The highest BCUT2D eigenvalue weighted by atomic mass is 28.6. The van der Waals surface area contributed by atoms with Crippen molar-refractivity contribution >= 4 is 76.4 Å². The Kier molecular flexibility index (Phi) is 11.1. The maximum absolute atomic E-state index is 13.1. The number of carboxylic acid groups (broad SMARTS) is 1. The largest absolute Gasteiger partial charge is 0.508 e. The SMILES string of the molecule is CC(=C[Si]12O[Si]3(C4CCCC4)O[Si]4(C5CCCC5)O[Si](C5CCCC5)(O1)O[Si]1(C5CCCC5)O[Si](C5CCCC5)(O2)O[Si](C2CCCC2)(O3)O[Si](C2CCCC2)(O4)O1)C(=O)O. The summed E-state index contributed by atoms with van der Waals surface area (Å²) in [5.74, 6) is -1.05. The Morgan fingerprint density at radius 2 is 0.508 bits per heavy atom. The van der Waals surface area contributed by atoms with E-state index < -0.39 is 76.4 Å². The summed E-state index contributed by atoms with van der Waals surface area (Å²) >= 11 is 0. The fourth-order valence-electron chi connectivity index (χ4n) is 14.0. The molecular weight excluding hydrogens is 917 g/mol. The number of carboxylic acids is 1. The predicted molar refractivity (Wildman–Crippen MR) is 236 cm³/mol. The van der Waals surface area contributed by atoms with Crippen LogP contribution in [0.15, 0.2) is 11.3 Å². The van der Waals surface area contributed by atoms with E-state index in [-0.39, 0.29) is 44.4 Å². The molecule has 0 aromatic heterocycles. The van der Waals surface area contributed by atoms with Gasteiger partial charge in [0.05, 0.1) is 0 Å². The van der Waals surface area contributed by atoms with Gasteiger partial charge in [-0.3, -0.25) is 0 Å². The molecule has 14 nitrogen and oxygen atoms in total. The van der Waals surface area contributed by atoms with Crippen LogP contribution in [0.1, 0.15) is 187 Å². The summed E-state index contributed by atoms with van der Waals surface area (Å²) in [5, 5.41) is 10.8. The van der Waals surface area contributed by atoms with Crippen molar-refractivity contribution in [2.75, 3.05) is 0 Å². The van der Waals surface area contributed by atoms with Crippen molar-refractivity contribution in [1.29, 1.82) is 0 Å². The van der Waals surface area contributed by atoms with Gasteiger partial charge in [0.2, 0.25) is 0 Å². The number of hydrogen-bond acceptors (Lipinski definition) is 13. The highest BCUT2D eigenvalue weighted by molar-refractivity contribution is 7.05. The lowest BCUT2D eigenvalue weighted by Gasteiger charge is -2.66. The van der Waals surface area contributed by atoms with E-state index in [1.807, 2.05) is 0 Å². The maximum Gasteiger partial charge on any atom is 0.508 e. The topological polar surface area (TPSA) is 148 Å². The van der Waals surface area contributed by atoms with Crippen molar-refractivity contribution in [2.24, 2.45) is 0 Å². The van der Waals surface area contributed by atoms with Crippen LogP contribution < -0.4 is 0 Å². The molecule has 13 rings (SSSR count). The van der Waals surface area contributed by atoms with Crippen molar-refractivity contribution < 1.29 is 59.3 Å². The third-order valence-electron chi connectivity index (χ3n) is 17.1. The van der Waals surface area contributed by atoms with E-state index in [0.29, 0.717) is 0 Å². The lowest BCUT2D eigenvalue weighted by molar-refractivity contribution is -0.132. The first-order valence-corrected chi connectivity index (χ1v) is 39.3. The van der Waals surface area contributed by atoms with Crippen molar-refractivity contribution in [3.63, 3.8) is 0 Å². The lowest BCUT2D eigenvalue weighted by atomic mass is 10.4. The number of carbonyl (C=O) groups is 1. The zero-order valence-corrected chi connectivity index (χ0v) is 44.2. The van der Waals surface area contributed by atoms with E-state index in [2.05, 4.69) is 0 Å². The summed E-state index contributed by atoms with van der Waals surface area (Å²) in [6.07, 6.45) is 27.0. The van der Waals surface area contributed by atoms with Crippen LogP contribution >= 0.6 is 0 Å². The quantitative estimate of drug-likeness (QED) is 0.173. The van der Waals surface area contributed by atoms with E-state index in [0.717, 1.165) is 180 Å². The van der Waals surface area contributed by atoms with Crippen LogP contribution in [-0.2, 0) is 54.2 Å². The van der Waals surface area contributed by atoms with Crippen molar-refractivity contribution in [3.8, 4) is 0 Å². The molecule has 7 saturated carbocycles. The average molecular weight is 986 g/mol. The van der Waals surface area contributed by atoms with E-state index in [4.69, 9.17) is 49.4 Å². The third kappa shape index (κ3) is 6.95. The molecule has 0 aromatic rings. The summed E-state index contributed by atoms with van der Waals surface area (Å²) in [5.41, 5.74) is 1.40. The Morgan fingerprint density at radius 3 is 0.672 bits per heavy atom. The molecule has 0 aromatic carbocycles. The second-order valence-corrected chi connectivity index (χ2v) is 46.5. The van der Waals surface area contributed by atoms with Gasteiger partial charge >= 0.3 is 76.4 Å². The first-order valence-electron chi connectivity index (χ1n) is 24.9. The molecule has 22 heteroatoms. The van der Waals surface area contributed by atoms with Gasteiger partial charge < -0.3 is 54.5 Å². The molecule has 8 bridgehead atoms. The van der Waals surface area contributed by atoms with Gasteiger partial charge in [-0.25, -0.2) is 4.79 Å². The fourth-order valence-corrected chi connectivity index (χ4v) is 69.2. The Balaban J connectivity index is 1.20. The molecule has 0 radical (unpaired) electrons. The highest BCUT2D eigenvalue weighted by Crippen LogP contribution is 2.66. The Hall–Kier alpha value is 0.465. The molecule has 7 aliphatic carbocycles. The second-order valence-electron chi connectivity index (χ2n) is 21.1. The first-order chi connectivity index (χ1) is 29.5. The van der Waals surface area contributed by atoms with Gasteiger partial charge in [-0.15, -0.1) is 0 Å². The van der Waals surface area contributed by atoms with Gasteiger partial charge in [-0.05, 0) is 103 Å². The smallest absolute Gasteiger partial charge is 0.478 e. The Bertz CT molecular complexity index is 1540. The molecule has 0 unspecified atom stereocenters. The summed E-state index contributed by atoms with van der Waals surface area (Å²) in [4.78, 5) is 13.1. The molecule has 0 amide bonds. The minimum absolute atomic E-state index is 0.0131. The van der Waals surface area contributed by atoms with Crippen LogP contribution in [0.3, 0.4) is 0 Å². The van der Waals surface area contributed by atoms with Crippen LogP contribution in [0, 0.1) is 0 Å². The summed E-state index contributed by atoms with van der Waals surface area (Å²) in [6.45, 7) is 1.63. The van der Waals surface area contributed by atoms with E-state index >= 15 is 0 Å². The molecule has 6 heterocycles. The van der Waals surface area contributed by atoms with Crippen LogP contribution in [0.5, 0.6) is 0 Å². The van der Waals surface area contributed by atoms with Gasteiger partial charge in [0.25, 0.3) is 0 Å². The summed E-state index contributed by atoms with van der Waals surface area (Å²) in [7, 11) is -32.8. The van der Waals surface area contributed by atoms with Crippen molar-refractivity contribution in [3.05, 3.63) is 11.3 Å². The molecule has 6 aliphatic heterocycles. The van der Waals surface area contributed by atoms with E-state index in [1.165, 1.54) is 0 Å². The second kappa shape index (κ2) is 15.8. The molecule has 13 fully saturated rings. The van der Waals surface area contributed by atoms with Gasteiger partial charge in [0, 0.05) is 44.4 Å². The van der Waals surface area contributed by atoms with Crippen LogP contribution in [0.2, 0.25) is 38.8 Å². The van der Waals surface area contributed by atoms with Crippen molar-refractivity contribution in [2.45, 2.75) is 225 Å². The van der Waals surface area contributed by atoms with Gasteiger partial charge in [0.1, 0.15) is 0 Å². The number of hydrogen-bond donors (Lipinski definition) is 1. The fraction of sp³-hybridized carbons (Fsp3) is 0.923. The molecule has 61 heavy (non-hydrogen) atoms. The molecule has 13 aliphatic rings. The summed E-state index contributed by atoms with van der Waals surface area (Å²) < 4.78 is 99.2. The van der Waals surface area contributed by atoms with Gasteiger partial charge in [-0.1, -0.05) is 89.9 Å². The van der Waals surface area contributed by atoms with E-state index in [1.54, 1.807) is 12.6 Å². The predicted octanol–water partition coefficient (Wildman–Crippen LogP) is 9.94. The normalized spacial score (nSPS) is 48.4. The average Bonchev–Trinajstić information content (AvgIpc) is 4.08. The number of aliphatic carboxylic acids is 1. The van der Waals surface area contributed by atoms with Gasteiger partial charge in [-0.2, -0.15) is 0 Å². The number of rotatable bonds is 9. The maximum atomic E-state index is 13.1. The molecular formula is C39H68O14Si8. The molecule has 340 valence electrons. The van der Waals surface area contributed by atoms with Crippen molar-refractivity contribution in [1.82, 2.24) is 0 Å². The Labute approximate surface area is 370 Å². The van der Waals surface area contributed by atoms with E-state index in [9.17, 15) is 9.90 Å². The Morgan fingerprint density at radius 1 is 0.344 bits per heavy atom. The monoisotopic (exact) mass is 984 g/mol. The minimum Gasteiger partial charge on any atom is -0.478 e. The third-order valence-corrected chi connectivity index (χ3v) is 56.3. The summed E-state index contributed by atoms with van der Waals surface area (Å²) in [6, 6.07) is 0. The standard InChI is InChI=1S/C39H68O14Si8/c1-31(39(40)41)30-54-42-55(32-16-2-3-17-32)45-58(35-22-8-9-23-35)47-56(43-54,33-18-4-5-19-33)49-60(37-26-12-13-27-37)50-57(44-54,34-20-6-7-21-34)48-59(46-55,36-24-10-11-25-36)52-61(51-58,53-60)38-28-14-15-29-38/h30,32-38H,2-29H2,1H3,(H,40,41). The van der Waals surface area contributed by atoms with Crippen LogP contribution in [0.4, 0.5) is 0 Å². The lowest BCUT2D eigenvalue weighted by Crippen LogP contribution is -2.90. The molecule has 0 spiro atoms. The van der Waals surface area contributed by atoms with Crippen LogP contribution in [-0.4, -0.2) is 81.5 Å². The zero-order valence-electron chi connectivity index (χ0n) is 36.2. The molecule has 1 N–H and O–H groups in total. The minimum atomic E-state index is -4.46.